The number of rotatable bonds is 6. The molecule has 28 heavy (non-hydrogen) atoms. The number of aromatic nitrogens is 3. The number of piperidine rings is 1. The molecule has 0 radical (unpaired) electrons. The first-order valence-corrected chi connectivity index (χ1v) is 10.3. The van der Waals surface area contributed by atoms with Gasteiger partial charge in [-0.3, -0.25) is 0 Å². The van der Waals surface area contributed by atoms with Crippen LogP contribution in [0.5, 0.6) is 0 Å². The van der Waals surface area contributed by atoms with Crippen molar-refractivity contribution in [3.63, 3.8) is 0 Å². The van der Waals surface area contributed by atoms with Crippen molar-refractivity contribution in [2.75, 3.05) is 43.9 Å². The molecule has 1 aromatic carbocycles. The third kappa shape index (κ3) is 3.83. The van der Waals surface area contributed by atoms with Gasteiger partial charge in [0.2, 0.25) is 0 Å². The lowest BCUT2D eigenvalue weighted by molar-refractivity contribution is 0.237. The number of nitrogens with one attached hydrogen (secondary N) is 2. The van der Waals surface area contributed by atoms with E-state index in [0.717, 1.165) is 41.5 Å². The standard InChI is InChI=1S/C22H30N6/c1-16-7-8-18(13-17(16)2)19-15-25-28-21(14-20(23-3)26-22(19)28)24-9-12-27-10-5-4-6-11-27/h7-8,13-15,24H,4-6,9-12H2,1-3H3,(H,23,26). The van der Waals surface area contributed by atoms with Crippen molar-refractivity contribution in [3.8, 4) is 11.1 Å². The van der Waals surface area contributed by atoms with Crippen LogP contribution in [0.3, 0.4) is 0 Å². The summed E-state index contributed by atoms with van der Waals surface area (Å²) in [6, 6.07) is 8.55. The van der Waals surface area contributed by atoms with Gasteiger partial charge in [-0.2, -0.15) is 9.61 Å². The molecule has 1 aliphatic heterocycles. The van der Waals surface area contributed by atoms with Crippen molar-refractivity contribution < 1.29 is 0 Å². The lowest BCUT2D eigenvalue weighted by Crippen LogP contribution is -2.33. The summed E-state index contributed by atoms with van der Waals surface area (Å²) < 4.78 is 1.92. The lowest BCUT2D eigenvalue weighted by Gasteiger charge is -2.26. The third-order valence-corrected chi connectivity index (χ3v) is 5.73. The summed E-state index contributed by atoms with van der Waals surface area (Å²) in [5.74, 6) is 1.82. The number of likely N-dealkylation sites (tertiary alicyclic amines) is 1. The summed E-state index contributed by atoms with van der Waals surface area (Å²) >= 11 is 0. The minimum Gasteiger partial charge on any atom is -0.373 e. The number of hydrogen-bond acceptors (Lipinski definition) is 5. The normalized spacial score (nSPS) is 15.1. The van der Waals surface area contributed by atoms with E-state index in [1.54, 1.807) is 0 Å². The van der Waals surface area contributed by atoms with Gasteiger partial charge in [0, 0.05) is 31.8 Å². The van der Waals surface area contributed by atoms with E-state index in [1.807, 2.05) is 23.8 Å². The predicted octanol–water partition coefficient (Wildman–Crippen LogP) is 3.95. The van der Waals surface area contributed by atoms with Gasteiger partial charge in [-0.1, -0.05) is 24.6 Å². The van der Waals surface area contributed by atoms with E-state index >= 15 is 0 Å². The Hall–Kier alpha value is -2.60. The van der Waals surface area contributed by atoms with Gasteiger partial charge in [0.1, 0.15) is 11.6 Å². The second-order valence-electron chi connectivity index (χ2n) is 7.70. The molecule has 3 heterocycles. The predicted molar refractivity (Wildman–Crippen MR) is 116 cm³/mol. The van der Waals surface area contributed by atoms with E-state index in [0.29, 0.717) is 0 Å². The van der Waals surface area contributed by atoms with E-state index < -0.39 is 0 Å². The smallest absolute Gasteiger partial charge is 0.167 e. The molecule has 0 saturated carbocycles. The molecule has 6 nitrogen and oxygen atoms in total. The second-order valence-corrected chi connectivity index (χ2v) is 7.70. The van der Waals surface area contributed by atoms with Gasteiger partial charge in [-0.05, 0) is 56.5 Å². The van der Waals surface area contributed by atoms with Gasteiger partial charge < -0.3 is 15.5 Å². The zero-order valence-corrected chi connectivity index (χ0v) is 17.1. The number of fused-ring (bicyclic) bond motifs is 1. The fourth-order valence-corrected chi connectivity index (χ4v) is 3.85. The van der Waals surface area contributed by atoms with Crippen LogP contribution in [-0.4, -0.2) is 52.7 Å². The molecule has 148 valence electrons. The van der Waals surface area contributed by atoms with Gasteiger partial charge in [-0.25, -0.2) is 4.98 Å². The van der Waals surface area contributed by atoms with Crippen LogP contribution in [0.1, 0.15) is 30.4 Å². The minimum absolute atomic E-state index is 0.846. The van der Waals surface area contributed by atoms with Gasteiger partial charge in [0.25, 0.3) is 0 Å². The Morgan fingerprint density at radius 2 is 1.86 bits per heavy atom. The van der Waals surface area contributed by atoms with E-state index in [9.17, 15) is 0 Å². The van der Waals surface area contributed by atoms with Crippen LogP contribution < -0.4 is 10.6 Å². The van der Waals surface area contributed by atoms with E-state index in [1.165, 1.54) is 43.5 Å². The van der Waals surface area contributed by atoms with Crippen LogP contribution >= 0.6 is 0 Å². The molecule has 4 rings (SSSR count). The highest BCUT2D eigenvalue weighted by Gasteiger charge is 2.14. The van der Waals surface area contributed by atoms with Crippen molar-refractivity contribution in [3.05, 3.63) is 41.6 Å². The van der Waals surface area contributed by atoms with Crippen LogP contribution in [0.15, 0.2) is 30.5 Å². The Morgan fingerprint density at radius 1 is 1.04 bits per heavy atom. The second kappa shape index (κ2) is 8.19. The molecule has 0 atom stereocenters. The zero-order chi connectivity index (χ0) is 19.5. The fraction of sp³-hybridized carbons (Fsp3) is 0.455. The summed E-state index contributed by atoms with van der Waals surface area (Å²) in [4.78, 5) is 7.32. The maximum atomic E-state index is 4.78. The first kappa shape index (κ1) is 18.7. The molecule has 2 aromatic heterocycles. The van der Waals surface area contributed by atoms with Crippen molar-refractivity contribution in [2.45, 2.75) is 33.1 Å². The average molecular weight is 379 g/mol. The molecule has 0 spiro atoms. The van der Waals surface area contributed by atoms with Crippen molar-refractivity contribution in [1.82, 2.24) is 19.5 Å². The third-order valence-electron chi connectivity index (χ3n) is 5.73. The van der Waals surface area contributed by atoms with Gasteiger partial charge >= 0.3 is 0 Å². The highest BCUT2D eigenvalue weighted by Crippen LogP contribution is 2.28. The summed E-state index contributed by atoms with van der Waals surface area (Å²) in [7, 11) is 1.91. The molecular formula is C22H30N6. The molecule has 2 N–H and O–H groups in total. The quantitative estimate of drug-likeness (QED) is 0.680. The molecule has 3 aromatic rings. The fourth-order valence-electron chi connectivity index (χ4n) is 3.85. The lowest BCUT2D eigenvalue weighted by atomic mass is 10.0. The molecule has 1 aliphatic rings. The van der Waals surface area contributed by atoms with E-state index in [2.05, 4.69) is 52.7 Å². The highest BCUT2D eigenvalue weighted by atomic mass is 15.3. The Kier molecular flexibility index (Phi) is 5.48. The largest absolute Gasteiger partial charge is 0.373 e. The van der Waals surface area contributed by atoms with Crippen LogP contribution in [0.25, 0.3) is 16.8 Å². The molecule has 0 amide bonds. The Morgan fingerprint density at radius 3 is 2.61 bits per heavy atom. The molecule has 0 unspecified atom stereocenters. The number of hydrogen-bond donors (Lipinski definition) is 2. The van der Waals surface area contributed by atoms with Crippen molar-refractivity contribution in [2.24, 2.45) is 0 Å². The molecule has 0 aliphatic carbocycles. The van der Waals surface area contributed by atoms with Crippen LogP contribution in [0.2, 0.25) is 0 Å². The molecule has 6 heteroatoms. The summed E-state index contributed by atoms with van der Waals surface area (Å²) in [5, 5.41) is 11.4. The number of nitrogens with zero attached hydrogens (tertiary/aromatic N) is 4. The SMILES string of the molecule is CNc1cc(NCCN2CCCCC2)n2ncc(-c3ccc(C)c(C)c3)c2n1. The minimum atomic E-state index is 0.846. The first-order valence-electron chi connectivity index (χ1n) is 10.3. The zero-order valence-electron chi connectivity index (χ0n) is 17.1. The maximum absolute atomic E-state index is 4.78. The van der Waals surface area contributed by atoms with E-state index in [4.69, 9.17) is 4.98 Å². The number of aryl methyl sites for hydroxylation is 2. The summed E-state index contributed by atoms with van der Waals surface area (Å²) in [6.07, 6.45) is 5.93. The van der Waals surface area contributed by atoms with Crippen molar-refractivity contribution >= 4 is 17.3 Å². The topological polar surface area (TPSA) is 57.5 Å². The first-order chi connectivity index (χ1) is 13.7. The summed E-state index contributed by atoms with van der Waals surface area (Å²) in [6.45, 7) is 8.67. The summed E-state index contributed by atoms with van der Waals surface area (Å²) in [5.41, 5.74) is 5.65. The van der Waals surface area contributed by atoms with Crippen LogP contribution in [-0.2, 0) is 0 Å². The molecule has 1 saturated heterocycles. The molecular weight excluding hydrogens is 348 g/mol. The van der Waals surface area contributed by atoms with Gasteiger partial charge in [-0.15, -0.1) is 0 Å². The Balaban J connectivity index is 1.61. The van der Waals surface area contributed by atoms with Crippen LogP contribution in [0, 0.1) is 13.8 Å². The van der Waals surface area contributed by atoms with Crippen LogP contribution in [0.4, 0.5) is 11.6 Å². The highest BCUT2D eigenvalue weighted by molar-refractivity contribution is 5.79. The monoisotopic (exact) mass is 378 g/mol. The van der Waals surface area contributed by atoms with Gasteiger partial charge in [0.05, 0.1) is 6.20 Å². The number of anilines is 2. The Bertz CT molecular complexity index is 955. The van der Waals surface area contributed by atoms with Gasteiger partial charge in [0.15, 0.2) is 5.65 Å². The molecule has 1 fully saturated rings. The average Bonchev–Trinajstić information content (AvgIpc) is 3.15. The Labute approximate surface area is 167 Å². The van der Waals surface area contributed by atoms with Crippen molar-refractivity contribution in [1.29, 1.82) is 0 Å². The number of benzene rings is 1. The molecule has 0 bridgehead atoms. The maximum Gasteiger partial charge on any atom is 0.167 e. The van der Waals surface area contributed by atoms with E-state index in [-0.39, 0.29) is 0 Å².